The normalized spacial score (nSPS) is 42.3. The van der Waals surface area contributed by atoms with E-state index in [2.05, 4.69) is 23.9 Å². The van der Waals surface area contributed by atoms with Gasteiger partial charge in [-0.05, 0) is 85.0 Å². The molecule has 4 aliphatic carbocycles. The largest absolute Gasteiger partial charge is 0.469 e. The van der Waals surface area contributed by atoms with Crippen LogP contribution in [-0.2, 0) is 14.3 Å². The van der Waals surface area contributed by atoms with E-state index in [-0.39, 0.29) is 28.5 Å². The maximum atomic E-state index is 12.4. The molecule has 0 spiro atoms. The second kappa shape index (κ2) is 7.16. The highest BCUT2D eigenvalue weighted by molar-refractivity contribution is 5.97. The molecule has 0 bridgehead atoms. The van der Waals surface area contributed by atoms with E-state index in [9.17, 15) is 9.59 Å². The molecule has 3 saturated carbocycles. The SMILES string of the molecule is COC(=O)C(C)[C@H]1CC[C@H]2[C@@H]3CCC4=C(N=[N+]=[N-])C(=O)CC[C@]4(C)[C@H]3CC[C@]12C. The molecule has 6 nitrogen and oxygen atoms in total. The van der Waals surface area contributed by atoms with Gasteiger partial charge >= 0.3 is 5.97 Å². The van der Waals surface area contributed by atoms with Gasteiger partial charge in [-0.1, -0.05) is 31.5 Å². The standard InChI is InChI=1S/C23H33N3O3/c1-13(21(28)29-4)15-7-8-16-14-5-6-18-20(25-26-24)19(27)10-12-23(18,3)17(14)9-11-22(15,16)2/h13-17H,5-12H2,1-4H3/t13?,14-,15+,16-,17-,22+,23+/m0/s1. The summed E-state index contributed by atoms with van der Waals surface area (Å²) in [5, 5.41) is 3.84. The fourth-order valence-electron chi connectivity index (χ4n) is 8.06. The first-order valence-corrected chi connectivity index (χ1v) is 11.2. The number of nitrogens with zero attached hydrogens (tertiary/aromatic N) is 3. The number of ketones is 1. The number of carbonyl (C=O) groups excluding carboxylic acids is 2. The molecule has 0 N–H and O–H groups in total. The van der Waals surface area contributed by atoms with Crippen molar-refractivity contribution in [1.82, 2.24) is 0 Å². The smallest absolute Gasteiger partial charge is 0.308 e. The molecule has 6 heteroatoms. The summed E-state index contributed by atoms with van der Waals surface area (Å²) < 4.78 is 5.07. The molecule has 0 aromatic heterocycles. The molecule has 4 aliphatic rings. The van der Waals surface area contributed by atoms with Crippen molar-refractivity contribution < 1.29 is 14.3 Å². The molecule has 3 fully saturated rings. The van der Waals surface area contributed by atoms with Crippen LogP contribution in [0.15, 0.2) is 16.4 Å². The van der Waals surface area contributed by atoms with Crippen molar-refractivity contribution in [1.29, 1.82) is 0 Å². The summed E-state index contributed by atoms with van der Waals surface area (Å²) >= 11 is 0. The Bertz CT molecular complexity index is 814. The highest BCUT2D eigenvalue weighted by Gasteiger charge is 2.60. The van der Waals surface area contributed by atoms with Gasteiger partial charge in [-0.2, -0.15) is 0 Å². The molecule has 0 radical (unpaired) electrons. The van der Waals surface area contributed by atoms with Crippen molar-refractivity contribution in [2.75, 3.05) is 7.11 Å². The molecule has 158 valence electrons. The van der Waals surface area contributed by atoms with E-state index >= 15 is 0 Å². The van der Waals surface area contributed by atoms with Crippen molar-refractivity contribution >= 4 is 11.8 Å². The molecule has 0 aliphatic heterocycles. The first kappa shape index (κ1) is 20.5. The van der Waals surface area contributed by atoms with Gasteiger partial charge < -0.3 is 4.74 Å². The van der Waals surface area contributed by atoms with Crippen LogP contribution in [0.4, 0.5) is 0 Å². The fraction of sp³-hybridized carbons (Fsp3) is 0.826. The number of azide groups is 1. The molecule has 0 heterocycles. The lowest BCUT2D eigenvalue weighted by Gasteiger charge is -2.58. The predicted molar refractivity (Wildman–Crippen MR) is 109 cm³/mol. The van der Waals surface area contributed by atoms with Crippen molar-refractivity contribution in [3.8, 4) is 0 Å². The number of carbonyl (C=O) groups is 2. The maximum absolute atomic E-state index is 12.4. The zero-order chi connectivity index (χ0) is 21.0. The number of hydrogen-bond acceptors (Lipinski definition) is 4. The Morgan fingerprint density at radius 3 is 2.62 bits per heavy atom. The number of rotatable bonds is 3. The molecule has 0 aromatic rings. The highest BCUT2D eigenvalue weighted by Crippen LogP contribution is 2.68. The van der Waals surface area contributed by atoms with Crippen LogP contribution in [0.3, 0.4) is 0 Å². The van der Waals surface area contributed by atoms with Gasteiger partial charge in [0.2, 0.25) is 0 Å². The van der Waals surface area contributed by atoms with Crippen LogP contribution in [0.1, 0.15) is 72.1 Å². The number of esters is 1. The minimum absolute atomic E-state index is 0.0159. The molecular formula is C23H33N3O3. The number of fused-ring (bicyclic) bond motifs is 5. The second-order valence-electron chi connectivity index (χ2n) is 10.3. The minimum Gasteiger partial charge on any atom is -0.469 e. The summed E-state index contributed by atoms with van der Waals surface area (Å²) in [7, 11) is 1.49. The lowest BCUT2D eigenvalue weighted by molar-refractivity contribution is -0.150. The van der Waals surface area contributed by atoms with Gasteiger partial charge in [0.25, 0.3) is 0 Å². The topological polar surface area (TPSA) is 92.1 Å². The first-order chi connectivity index (χ1) is 13.8. The predicted octanol–water partition coefficient (Wildman–Crippen LogP) is 5.58. The molecule has 0 amide bonds. The van der Waals surface area contributed by atoms with E-state index in [1.165, 1.54) is 13.5 Å². The van der Waals surface area contributed by atoms with Gasteiger partial charge in [0.15, 0.2) is 5.78 Å². The summed E-state index contributed by atoms with van der Waals surface area (Å²) in [6.07, 6.45) is 7.82. The van der Waals surface area contributed by atoms with E-state index in [1.807, 2.05) is 6.92 Å². The second-order valence-corrected chi connectivity index (χ2v) is 10.3. The fourth-order valence-corrected chi connectivity index (χ4v) is 8.06. The molecule has 1 unspecified atom stereocenters. The monoisotopic (exact) mass is 399 g/mol. The van der Waals surface area contributed by atoms with Crippen molar-refractivity contribution in [3.05, 3.63) is 21.7 Å². The quantitative estimate of drug-likeness (QED) is 0.268. The van der Waals surface area contributed by atoms with Crippen LogP contribution >= 0.6 is 0 Å². The molecule has 0 aromatic carbocycles. The van der Waals surface area contributed by atoms with Crippen molar-refractivity contribution in [2.45, 2.75) is 72.1 Å². The van der Waals surface area contributed by atoms with Crippen LogP contribution in [-0.4, -0.2) is 18.9 Å². The Balaban J connectivity index is 1.66. The molecule has 4 rings (SSSR count). The zero-order valence-electron chi connectivity index (χ0n) is 18.1. The van der Waals surface area contributed by atoms with E-state index in [1.54, 1.807) is 0 Å². The number of Topliss-reactive ketones (excluding diaryl/α,β-unsaturated/α-hetero) is 1. The number of methoxy groups -OCH3 is 1. The number of allylic oxidation sites excluding steroid dienone is 1. The Labute approximate surface area is 173 Å². The van der Waals surface area contributed by atoms with Gasteiger partial charge in [0.1, 0.15) is 0 Å². The summed E-state index contributed by atoms with van der Waals surface area (Å²) in [4.78, 5) is 27.6. The molecule has 7 atom stereocenters. The van der Waals surface area contributed by atoms with Crippen LogP contribution in [0.2, 0.25) is 0 Å². The third-order valence-electron chi connectivity index (χ3n) is 9.49. The Hall–Kier alpha value is -1.81. The molecule has 0 saturated heterocycles. The van der Waals surface area contributed by atoms with E-state index in [0.717, 1.165) is 44.1 Å². The summed E-state index contributed by atoms with van der Waals surface area (Å²) in [6, 6.07) is 0. The van der Waals surface area contributed by atoms with Gasteiger partial charge in [0, 0.05) is 11.3 Å². The zero-order valence-corrected chi connectivity index (χ0v) is 18.1. The van der Waals surface area contributed by atoms with Gasteiger partial charge in [0.05, 0.1) is 18.7 Å². The van der Waals surface area contributed by atoms with Crippen LogP contribution in [0, 0.1) is 40.4 Å². The summed E-state index contributed by atoms with van der Waals surface area (Å²) in [6.45, 7) is 6.76. The maximum Gasteiger partial charge on any atom is 0.308 e. The van der Waals surface area contributed by atoms with E-state index < -0.39 is 0 Å². The average molecular weight is 400 g/mol. The Morgan fingerprint density at radius 1 is 1.17 bits per heavy atom. The van der Waals surface area contributed by atoms with Gasteiger partial charge in [-0.25, -0.2) is 0 Å². The van der Waals surface area contributed by atoms with Crippen molar-refractivity contribution in [2.24, 2.45) is 45.5 Å². The van der Waals surface area contributed by atoms with E-state index in [4.69, 9.17) is 10.3 Å². The Kier molecular flexibility index (Phi) is 5.05. The van der Waals surface area contributed by atoms with Crippen LogP contribution < -0.4 is 0 Å². The van der Waals surface area contributed by atoms with E-state index in [0.29, 0.717) is 35.8 Å². The summed E-state index contributed by atoms with van der Waals surface area (Å²) in [5.41, 5.74) is 10.7. The minimum atomic E-state index is -0.0791. The number of hydrogen-bond donors (Lipinski definition) is 0. The molecular weight excluding hydrogens is 366 g/mol. The van der Waals surface area contributed by atoms with Crippen LogP contribution in [0.25, 0.3) is 10.4 Å². The highest BCUT2D eigenvalue weighted by atomic mass is 16.5. The van der Waals surface area contributed by atoms with Crippen molar-refractivity contribution in [3.63, 3.8) is 0 Å². The van der Waals surface area contributed by atoms with Gasteiger partial charge in [-0.15, -0.1) is 0 Å². The Morgan fingerprint density at radius 2 is 1.93 bits per heavy atom. The average Bonchev–Trinajstić information content (AvgIpc) is 3.06. The third-order valence-corrected chi connectivity index (χ3v) is 9.49. The van der Waals surface area contributed by atoms with Gasteiger partial charge in [-0.3, -0.25) is 9.59 Å². The third kappa shape index (κ3) is 2.86. The first-order valence-electron chi connectivity index (χ1n) is 11.2. The molecule has 29 heavy (non-hydrogen) atoms. The lowest BCUT2D eigenvalue weighted by atomic mass is 9.46. The summed E-state index contributed by atoms with van der Waals surface area (Å²) in [5.74, 6) is 2.05. The van der Waals surface area contributed by atoms with Crippen LogP contribution in [0.5, 0.6) is 0 Å². The number of ether oxygens (including phenoxy) is 1. The lowest BCUT2D eigenvalue weighted by Crippen LogP contribution is -2.51.